The standard InChI is InChI=1S/C17H20F3NO4S/c1-25-15-5-4-13(26(23,24)17(18,19)20)9-14(15)21-16(22)8-12-7-10-2-3-11(12)6-10/h4-5,9-12H,2-3,6-8H2,1H3,(H,21,22). The smallest absolute Gasteiger partial charge is 0.495 e. The molecule has 1 amide bonds. The lowest BCUT2D eigenvalue weighted by Crippen LogP contribution is -2.24. The Kier molecular flexibility index (Phi) is 4.94. The molecule has 1 aromatic rings. The van der Waals surface area contributed by atoms with Gasteiger partial charge in [-0.2, -0.15) is 13.2 Å². The highest BCUT2D eigenvalue weighted by molar-refractivity contribution is 7.92. The highest BCUT2D eigenvalue weighted by atomic mass is 32.2. The van der Waals surface area contributed by atoms with Crippen LogP contribution in [0.15, 0.2) is 23.1 Å². The van der Waals surface area contributed by atoms with Crippen molar-refractivity contribution >= 4 is 21.4 Å². The van der Waals surface area contributed by atoms with Crippen LogP contribution in [-0.4, -0.2) is 26.9 Å². The summed E-state index contributed by atoms with van der Waals surface area (Å²) in [4.78, 5) is 11.4. The van der Waals surface area contributed by atoms with Gasteiger partial charge in [-0.05, 0) is 55.2 Å². The van der Waals surface area contributed by atoms with E-state index in [-0.39, 0.29) is 29.7 Å². The van der Waals surface area contributed by atoms with Crippen LogP contribution in [0.3, 0.4) is 0 Å². The summed E-state index contributed by atoms with van der Waals surface area (Å²) in [5, 5.41) is 2.52. The Hall–Kier alpha value is -1.77. The van der Waals surface area contributed by atoms with E-state index in [1.807, 2.05) is 0 Å². The van der Waals surface area contributed by atoms with Gasteiger partial charge in [0.25, 0.3) is 9.84 Å². The maximum absolute atomic E-state index is 12.7. The van der Waals surface area contributed by atoms with Crippen molar-refractivity contribution < 1.29 is 31.1 Å². The molecule has 26 heavy (non-hydrogen) atoms. The van der Waals surface area contributed by atoms with Crippen molar-refractivity contribution in [1.82, 2.24) is 0 Å². The third kappa shape index (κ3) is 3.54. The third-order valence-corrected chi connectivity index (χ3v) is 6.88. The highest BCUT2D eigenvalue weighted by Gasteiger charge is 2.47. The van der Waals surface area contributed by atoms with Crippen molar-refractivity contribution in [1.29, 1.82) is 0 Å². The summed E-state index contributed by atoms with van der Waals surface area (Å²) in [6, 6.07) is 2.71. The molecule has 0 heterocycles. The molecule has 0 saturated heterocycles. The lowest BCUT2D eigenvalue weighted by atomic mass is 9.86. The lowest BCUT2D eigenvalue weighted by molar-refractivity contribution is -0.117. The number of sulfone groups is 1. The fraction of sp³-hybridized carbons (Fsp3) is 0.588. The Morgan fingerprint density at radius 1 is 1.27 bits per heavy atom. The van der Waals surface area contributed by atoms with Gasteiger partial charge in [0.2, 0.25) is 5.91 Å². The summed E-state index contributed by atoms with van der Waals surface area (Å²) in [5.41, 5.74) is -5.49. The van der Waals surface area contributed by atoms with Gasteiger partial charge < -0.3 is 10.1 Å². The zero-order chi connectivity index (χ0) is 19.1. The van der Waals surface area contributed by atoms with Crippen LogP contribution in [0.5, 0.6) is 5.75 Å². The second kappa shape index (κ2) is 6.75. The monoisotopic (exact) mass is 391 g/mol. The van der Waals surface area contributed by atoms with E-state index in [1.54, 1.807) is 0 Å². The molecule has 1 N–H and O–H groups in total. The second-order valence-electron chi connectivity index (χ2n) is 7.00. The molecule has 9 heteroatoms. The van der Waals surface area contributed by atoms with Gasteiger partial charge in [0.15, 0.2) is 0 Å². The van der Waals surface area contributed by atoms with Crippen LogP contribution in [0.2, 0.25) is 0 Å². The van der Waals surface area contributed by atoms with Gasteiger partial charge in [-0.3, -0.25) is 4.79 Å². The lowest BCUT2D eigenvalue weighted by Gasteiger charge is -2.21. The van der Waals surface area contributed by atoms with Gasteiger partial charge in [0.05, 0.1) is 17.7 Å². The van der Waals surface area contributed by atoms with Crippen molar-refractivity contribution in [2.24, 2.45) is 17.8 Å². The second-order valence-corrected chi connectivity index (χ2v) is 8.94. The van der Waals surface area contributed by atoms with Gasteiger partial charge in [0.1, 0.15) is 5.75 Å². The first kappa shape index (κ1) is 19.0. The van der Waals surface area contributed by atoms with Crippen LogP contribution in [0.4, 0.5) is 18.9 Å². The predicted molar refractivity (Wildman–Crippen MR) is 88.4 cm³/mol. The van der Waals surface area contributed by atoms with E-state index >= 15 is 0 Å². The van der Waals surface area contributed by atoms with Crippen LogP contribution >= 0.6 is 0 Å². The fourth-order valence-electron chi connectivity index (χ4n) is 4.15. The zero-order valence-electron chi connectivity index (χ0n) is 14.2. The molecule has 3 atom stereocenters. The van der Waals surface area contributed by atoms with Crippen molar-refractivity contribution in [2.45, 2.75) is 42.5 Å². The van der Waals surface area contributed by atoms with Crippen molar-refractivity contribution in [3.8, 4) is 5.75 Å². The molecule has 3 unspecified atom stereocenters. The minimum Gasteiger partial charge on any atom is -0.495 e. The fourth-order valence-corrected chi connectivity index (χ4v) is 4.94. The minimum absolute atomic E-state index is 0.0778. The van der Waals surface area contributed by atoms with E-state index in [0.717, 1.165) is 37.5 Å². The number of nitrogens with one attached hydrogen (secondary N) is 1. The number of carbonyl (C=O) groups is 1. The Labute approximate surface area is 149 Å². The number of rotatable bonds is 5. The maximum Gasteiger partial charge on any atom is 0.501 e. The van der Waals surface area contributed by atoms with Crippen LogP contribution < -0.4 is 10.1 Å². The van der Waals surface area contributed by atoms with E-state index in [1.165, 1.54) is 13.5 Å². The molecule has 2 saturated carbocycles. The molecule has 0 aromatic heterocycles. The summed E-state index contributed by atoms with van der Waals surface area (Å²) in [5.74, 6) is 1.24. The molecule has 3 rings (SSSR count). The topological polar surface area (TPSA) is 72.5 Å². The molecule has 144 valence electrons. The van der Waals surface area contributed by atoms with Crippen molar-refractivity contribution in [3.63, 3.8) is 0 Å². The Bertz CT molecular complexity index is 807. The number of halogens is 3. The number of anilines is 1. The van der Waals surface area contributed by atoms with Gasteiger partial charge in [0, 0.05) is 6.42 Å². The summed E-state index contributed by atoms with van der Waals surface area (Å²) in [6.45, 7) is 0. The number of alkyl halides is 3. The number of amides is 1. The molecule has 0 spiro atoms. The van der Waals surface area contributed by atoms with E-state index in [4.69, 9.17) is 4.74 Å². The molecule has 5 nitrogen and oxygen atoms in total. The molecular formula is C17H20F3NO4S. The molecular weight excluding hydrogens is 371 g/mol. The first-order valence-electron chi connectivity index (χ1n) is 8.41. The van der Waals surface area contributed by atoms with Crippen LogP contribution in [0.25, 0.3) is 0 Å². The average molecular weight is 391 g/mol. The van der Waals surface area contributed by atoms with E-state index < -0.39 is 20.2 Å². The van der Waals surface area contributed by atoms with E-state index in [2.05, 4.69) is 5.32 Å². The van der Waals surface area contributed by atoms with Crippen LogP contribution in [0.1, 0.15) is 32.1 Å². The number of carbonyl (C=O) groups excluding carboxylic acids is 1. The van der Waals surface area contributed by atoms with E-state index in [0.29, 0.717) is 11.8 Å². The summed E-state index contributed by atoms with van der Waals surface area (Å²) < 4.78 is 66.4. The van der Waals surface area contributed by atoms with Crippen molar-refractivity contribution in [3.05, 3.63) is 18.2 Å². The van der Waals surface area contributed by atoms with Gasteiger partial charge in [-0.15, -0.1) is 0 Å². The minimum atomic E-state index is -5.50. The molecule has 2 aliphatic rings. The molecule has 1 aromatic carbocycles. The number of hydrogen-bond donors (Lipinski definition) is 1. The van der Waals surface area contributed by atoms with Crippen molar-refractivity contribution in [2.75, 3.05) is 12.4 Å². The normalized spacial score (nSPS) is 25.3. The summed E-state index contributed by atoms with van der Waals surface area (Å²) >= 11 is 0. The average Bonchev–Trinajstić information content (AvgIpc) is 3.16. The van der Waals surface area contributed by atoms with Gasteiger partial charge in [-0.1, -0.05) is 6.42 Å². The number of fused-ring (bicyclic) bond motifs is 2. The Balaban J connectivity index is 1.78. The maximum atomic E-state index is 12.7. The molecule has 2 bridgehead atoms. The zero-order valence-corrected chi connectivity index (χ0v) is 15.0. The largest absolute Gasteiger partial charge is 0.501 e. The SMILES string of the molecule is COc1ccc(S(=O)(=O)C(F)(F)F)cc1NC(=O)CC1CC2CCC1C2. The predicted octanol–water partition coefficient (Wildman–Crippen LogP) is 3.75. The summed E-state index contributed by atoms with van der Waals surface area (Å²) in [6.07, 6.45) is 4.73. The number of hydrogen-bond acceptors (Lipinski definition) is 4. The Morgan fingerprint density at radius 3 is 2.54 bits per heavy atom. The molecule has 2 fully saturated rings. The van der Waals surface area contributed by atoms with Crippen LogP contribution in [0, 0.1) is 17.8 Å². The van der Waals surface area contributed by atoms with E-state index in [9.17, 15) is 26.4 Å². The molecule has 0 aliphatic heterocycles. The third-order valence-electron chi connectivity index (χ3n) is 5.39. The highest BCUT2D eigenvalue weighted by Crippen LogP contribution is 2.49. The molecule has 2 aliphatic carbocycles. The number of benzene rings is 1. The van der Waals surface area contributed by atoms with Gasteiger partial charge in [-0.25, -0.2) is 8.42 Å². The van der Waals surface area contributed by atoms with Gasteiger partial charge >= 0.3 is 5.51 Å². The molecule has 0 radical (unpaired) electrons. The quantitative estimate of drug-likeness (QED) is 0.830. The Morgan fingerprint density at radius 2 is 2.00 bits per heavy atom. The number of methoxy groups -OCH3 is 1. The van der Waals surface area contributed by atoms with Crippen LogP contribution in [-0.2, 0) is 14.6 Å². The first-order valence-corrected chi connectivity index (χ1v) is 9.89. The first-order chi connectivity index (χ1) is 12.1. The number of ether oxygens (including phenoxy) is 1. The summed E-state index contributed by atoms with van der Waals surface area (Å²) in [7, 11) is -4.21.